The van der Waals surface area contributed by atoms with E-state index in [1.54, 1.807) is 41.5 Å². The van der Waals surface area contributed by atoms with Gasteiger partial charge >= 0.3 is 5.97 Å². The lowest BCUT2D eigenvalue weighted by atomic mass is 10.2. The SMILES string of the molecule is CC(C)(C)OCC(NS(=O)(=O)c1ccc(C#N)cc1)C(=O)OC(C)(C)C. The minimum Gasteiger partial charge on any atom is -0.459 e. The first kappa shape index (κ1) is 22.1. The van der Waals surface area contributed by atoms with E-state index in [1.807, 2.05) is 6.07 Å². The van der Waals surface area contributed by atoms with Gasteiger partial charge in [-0.25, -0.2) is 8.42 Å². The molecule has 1 aromatic carbocycles. The number of carbonyl (C=O) groups is 1. The molecule has 1 unspecified atom stereocenters. The summed E-state index contributed by atoms with van der Waals surface area (Å²) in [6, 6.07) is 6.11. The van der Waals surface area contributed by atoms with Gasteiger partial charge in [-0.05, 0) is 65.8 Å². The maximum Gasteiger partial charge on any atom is 0.327 e. The van der Waals surface area contributed by atoms with Crippen LogP contribution in [0.2, 0.25) is 0 Å². The zero-order chi connectivity index (χ0) is 20.2. The number of hydrogen-bond donors (Lipinski definition) is 1. The molecule has 0 aliphatic heterocycles. The minimum atomic E-state index is -3.99. The number of hydrogen-bond acceptors (Lipinski definition) is 6. The second-order valence-corrected chi connectivity index (χ2v) is 9.48. The third kappa shape index (κ3) is 7.52. The summed E-state index contributed by atoms with van der Waals surface area (Å²) in [6.07, 6.45) is 0. The van der Waals surface area contributed by atoms with E-state index < -0.39 is 33.2 Å². The topological polar surface area (TPSA) is 105 Å². The molecule has 26 heavy (non-hydrogen) atoms. The van der Waals surface area contributed by atoms with Gasteiger partial charge in [-0.1, -0.05) is 0 Å². The monoisotopic (exact) mass is 382 g/mol. The van der Waals surface area contributed by atoms with Gasteiger partial charge in [0.05, 0.1) is 28.7 Å². The molecule has 8 heteroatoms. The lowest BCUT2D eigenvalue weighted by Gasteiger charge is -2.27. The number of ether oxygens (including phenoxy) is 2. The fraction of sp³-hybridized carbons (Fsp3) is 0.556. The highest BCUT2D eigenvalue weighted by Gasteiger charge is 2.31. The summed E-state index contributed by atoms with van der Waals surface area (Å²) in [5.41, 5.74) is -0.986. The van der Waals surface area contributed by atoms with Crippen molar-refractivity contribution in [2.75, 3.05) is 6.61 Å². The number of sulfonamides is 1. The van der Waals surface area contributed by atoms with Crippen molar-refractivity contribution in [3.8, 4) is 6.07 Å². The third-order valence-electron chi connectivity index (χ3n) is 2.97. The van der Waals surface area contributed by atoms with Gasteiger partial charge in [0, 0.05) is 0 Å². The van der Waals surface area contributed by atoms with Crippen molar-refractivity contribution in [3.05, 3.63) is 29.8 Å². The first-order valence-corrected chi connectivity index (χ1v) is 9.61. The summed E-state index contributed by atoms with van der Waals surface area (Å²) < 4.78 is 38.4. The number of nitrogens with zero attached hydrogens (tertiary/aromatic N) is 1. The molecule has 1 atom stereocenters. The Morgan fingerprint density at radius 3 is 2.08 bits per heavy atom. The van der Waals surface area contributed by atoms with Crippen molar-refractivity contribution in [1.29, 1.82) is 5.26 Å². The van der Waals surface area contributed by atoms with Crippen LogP contribution < -0.4 is 4.72 Å². The smallest absolute Gasteiger partial charge is 0.327 e. The highest BCUT2D eigenvalue weighted by molar-refractivity contribution is 7.89. The molecule has 0 saturated carbocycles. The number of rotatable bonds is 6. The van der Waals surface area contributed by atoms with Crippen LogP contribution >= 0.6 is 0 Å². The normalized spacial score (nSPS) is 13.7. The van der Waals surface area contributed by atoms with Crippen molar-refractivity contribution in [2.24, 2.45) is 0 Å². The second kappa shape index (κ2) is 8.16. The van der Waals surface area contributed by atoms with Crippen LogP contribution in [0.3, 0.4) is 0 Å². The fourth-order valence-corrected chi connectivity index (χ4v) is 2.99. The van der Waals surface area contributed by atoms with Crippen LogP contribution in [0.15, 0.2) is 29.2 Å². The van der Waals surface area contributed by atoms with Crippen molar-refractivity contribution in [3.63, 3.8) is 0 Å². The summed E-state index contributed by atoms with van der Waals surface area (Å²) in [7, 11) is -3.99. The van der Waals surface area contributed by atoms with Gasteiger partial charge < -0.3 is 9.47 Å². The summed E-state index contributed by atoms with van der Waals surface area (Å²) >= 11 is 0. The summed E-state index contributed by atoms with van der Waals surface area (Å²) in [4.78, 5) is 12.4. The predicted molar refractivity (Wildman–Crippen MR) is 96.8 cm³/mol. The van der Waals surface area contributed by atoms with E-state index in [1.165, 1.54) is 24.3 Å². The molecule has 0 spiro atoms. The Morgan fingerprint density at radius 2 is 1.65 bits per heavy atom. The number of benzene rings is 1. The zero-order valence-electron chi connectivity index (χ0n) is 16.0. The number of nitrogens with one attached hydrogen (secondary N) is 1. The standard InChI is InChI=1S/C18H26N2O5S/c1-17(2,3)24-12-15(16(21)25-18(4,5)6)20-26(22,23)14-9-7-13(11-19)8-10-14/h7-10,15,20H,12H2,1-6H3. The molecule has 1 rings (SSSR count). The van der Waals surface area contributed by atoms with Gasteiger partial charge in [0.15, 0.2) is 0 Å². The molecule has 0 aromatic heterocycles. The van der Waals surface area contributed by atoms with Gasteiger partial charge in [-0.2, -0.15) is 9.98 Å². The van der Waals surface area contributed by atoms with E-state index in [-0.39, 0.29) is 11.5 Å². The Bertz CT molecular complexity index is 766. The van der Waals surface area contributed by atoms with E-state index in [0.717, 1.165) is 0 Å². The largest absolute Gasteiger partial charge is 0.459 e. The molecule has 0 aliphatic rings. The summed E-state index contributed by atoms with van der Waals surface area (Å²) in [5.74, 6) is -0.723. The van der Waals surface area contributed by atoms with E-state index in [2.05, 4.69) is 4.72 Å². The van der Waals surface area contributed by atoms with Gasteiger partial charge in [-0.15, -0.1) is 0 Å². The molecular formula is C18H26N2O5S. The van der Waals surface area contributed by atoms with Crippen LogP contribution in [0, 0.1) is 11.3 Å². The first-order chi connectivity index (χ1) is 11.7. The van der Waals surface area contributed by atoms with Crippen LogP contribution in [0.1, 0.15) is 47.1 Å². The van der Waals surface area contributed by atoms with Crippen LogP contribution in [-0.2, 0) is 24.3 Å². The maximum atomic E-state index is 12.6. The first-order valence-electron chi connectivity index (χ1n) is 8.13. The van der Waals surface area contributed by atoms with Gasteiger partial charge in [0.1, 0.15) is 11.6 Å². The summed E-state index contributed by atoms with van der Waals surface area (Å²) in [5, 5.41) is 8.81. The van der Waals surface area contributed by atoms with Gasteiger partial charge in [0.25, 0.3) is 0 Å². The maximum absolute atomic E-state index is 12.6. The van der Waals surface area contributed by atoms with Crippen LogP contribution in [0.4, 0.5) is 0 Å². The molecular weight excluding hydrogens is 356 g/mol. The molecule has 0 bridgehead atoms. The molecule has 0 fully saturated rings. The van der Waals surface area contributed by atoms with Crippen LogP contribution in [-0.4, -0.2) is 38.2 Å². The molecule has 0 heterocycles. The van der Waals surface area contributed by atoms with E-state index in [0.29, 0.717) is 5.56 Å². The van der Waals surface area contributed by atoms with E-state index in [9.17, 15) is 13.2 Å². The Morgan fingerprint density at radius 1 is 1.12 bits per heavy atom. The zero-order valence-corrected chi connectivity index (χ0v) is 16.8. The Labute approximate surface area is 155 Å². The quantitative estimate of drug-likeness (QED) is 0.757. The van der Waals surface area contributed by atoms with Crippen molar-refractivity contribution in [1.82, 2.24) is 4.72 Å². The third-order valence-corrected chi connectivity index (χ3v) is 4.45. The van der Waals surface area contributed by atoms with Crippen LogP contribution in [0.25, 0.3) is 0 Å². The highest BCUT2D eigenvalue weighted by Crippen LogP contribution is 2.15. The van der Waals surface area contributed by atoms with E-state index in [4.69, 9.17) is 14.7 Å². The lowest BCUT2D eigenvalue weighted by Crippen LogP contribution is -2.48. The highest BCUT2D eigenvalue weighted by atomic mass is 32.2. The van der Waals surface area contributed by atoms with Crippen molar-refractivity contribution >= 4 is 16.0 Å². The molecule has 144 valence electrons. The van der Waals surface area contributed by atoms with Crippen LogP contribution in [0.5, 0.6) is 0 Å². The lowest BCUT2D eigenvalue weighted by molar-refractivity contribution is -0.159. The number of carbonyl (C=O) groups excluding carboxylic acids is 1. The molecule has 0 aliphatic carbocycles. The molecule has 0 amide bonds. The average molecular weight is 382 g/mol. The number of nitriles is 1. The molecule has 0 saturated heterocycles. The van der Waals surface area contributed by atoms with Crippen molar-refractivity contribution < 1.29 is 22.7 Å². The molecule has 1 aromatic rings. The average Bonchev–Trinajstić information content (AvgIpc) is 2.48. The summed E-state index contributed by atoms with van der Waals surface area (Å²) in [6.45, 7) is 10.3. The number of esters is 1. The van der Waals surface area contributed by atoms with Gasteiger partial charge in [-0.3, -0.25) is 4.79 Å². The predicted octanol–water partition coefficient (Wildman–Crippen LogP) is 2.36. The molecule has 0 radical (unpaired) electrons. The van der Waals surface area contributed by atoms with Crippen molar-refractivity contribution in [2.45, 2.75) is 63.7 Å². The molecule has 7 nitrogen and oxygen atoms in total. The Hall–Kier alpha value is -1.95. The minimum absolute atomic E-state index is 0.0548. The Balaban J connectivity index is 3.05. The Kier molecular flexibility index (Phi) is 6.94. The second-order valence-electron chi connectivity index (χ2n) is 7.77. The fourth-order valence-electron chi connectivity index (χ4n) is 1.82. The molecule has 1 N–H and O–H groups in total. The van der Waals surface area contributed by atoms with Gasteiger partial charge in [0.2, 0.25) is 10.0 Å². The van der Waals surface area contributed by atoms with E-state index >= 15 is 0 Å².